The molecule has 1 heterocycles. The number of fused-ring (bicyclic) bond motifs is 7. The topological polar surface area (TPSA) is 16.4 Å². The fourth-order valence-corrected chi connectivity index (χ4v) is 9.07. The number of furan rings is 1. The van der Waals surface area contributed by atoms with Crippen LogP contribution in [-0.2, 0) is 0 Å². The minimum Gasteiger partial charge on any atom is -0.456 e. The third-order valence-corrected chi connectivity index (χ3v) is 11.7. The molecule has 0 unspecified atom stereocenters. The van der Waals surface area contributed by atoms with E-state index >= 15 is 0 Å². The summed E-state index contributed by atoms with van der Waals surface area (Å²) in [4.78, 5) is 2.45. The Kier molecular flexibility index (Phi) is 7.33. The van der Waals surface area contributed by atoms with Crippen LogP contribution in [0, 0.1) is 13.8 Å². The smallest absolute Gasteiger partial charge is 0.136 e. The molecule has 0 N–H and O–H groups in total. The number of aryl methyl sites for hydroxylation is 2. The third kappa shape index (κ3) is 4.96. The lowest BCUT2D eigenvalue weighted by atomic mass is 9.86. The van der Waals surface area contributed by atoms with E-state index in [1.54, 1.807) is 0 Å². The minimum atomic E-state index is 0.906. The number of nitrogens with zero attached hydrogens (tertiary/aromatic N) is 1. The van der Waals surface area contributed by atoms with E-state index in [9.17, 15) is 0 Å². The number of anilines is 3. The van der Waals surface area contributed by atoms with Crippen molar-refractivity contribution in [1.29, 1.82) is 0 Å². The van der Waals surface area contributed by atoms with Crippen molar-refractivity contribution in [2.24, 2.45) is 0 Å². The highest BCUT2D eigenvalue weighted by molar-refractivity contribution is 6.22. The number of benzene rings is 10. The summed E-state index contributed by atoms with van der Waals surface area (Å²) in [5, 5.41) is 12.2. The van der Waals surface area contributed by atoms with Crippen LogP contribution in [-0.4, -0.2) is 0 Å². The Balaban J connectivity index is 1.11. The average molecular weight is 716 g/mol. The van der Waals surface area contributed by atoms with Gasteiger partial charge < -0.3 is 9.32 Å². The van der Waals surface area contributed by atoms with E-state index in [4.69, 9.17) is 4.42 Å². The van der Waals surface area contributed by atoms with Crippen LogP contribution in [0.5, 0.6) is 0 Å². The van der Waals surface area contributed by atoms with E-state index in [1.165, 1.54) is 70.9 Å². The summed E-state index contributed by atoms with van der Waals surface area (Å²) in [6.07, 6.45) is 0. The van der Waals surface area contributed by atoms with Gasteiger partial charge in [0.2, 0.25) is 0 Å². The summed E-state index contributed by atoms with van der Waals surface area (Å²) < 4.78 is 6.38. The van der Waals surface area contributed by atoms with Crippen molar-refractivity contribution in [3.63, 3.8) is 0 Å². The Bertz CT molecular complexity index is 3190. The SMILES string of the molecule is Cc1ccc(N(c2ccc(-c3c4ccccc4c(-c4ccc5c(c4)oc4ccccc45)c4ccccc34)cc2)c2ccc(C)c3ccccc23)c2ccccc12. The van der Waals surface area contributed by atoms with E-state index in [1.807, 2.05) is 12.1 Å². The summed E-state index contributed by atoms with van der Waals surface area (Å²) >= 11 is 0. The summed E-state index contributed by atoms with van der Waals surface area (Å²) in [7, 11) is 0. The molecular weight excluding hydrogens is 679 g/mol. The fourth-order valence-electron chi connectivity index (χ4n) is 9.07. The summed E-state index contributed by atoms with van der Waals surface area (Å²) in [6.45, 7) is 4.40. The molecule has 0 aliphatic rings. The zero-order valence-electron chi connectivity index (χ0n) is 31.3. The van der Waals surface area contributed by atoms with E-state index in [-0.39, 0.29) is 0 Å². The molecule has 0 fully saturated rings. The number of rotatable bonds is 5. The second kappa shape index (κ2) is 12.7. The van der Waals surface area contributed by atoms with Crippen LogP contribution in [0.25, 0.3) is 87.3 Å². The Morgan fingerprint density at radius 2 is 0.732 bits per heavy atom. The van der Waals surface area contributed by atoms with Gasteiger partial charge in [0.25, 0.3) is 0 Å². The van der Waals surface area contributed by atoms with Gasteiger partial charge in [-0.05, 0) is 122 Å². The fraction of sp³-hybridized carbons (Fsp3) is 0.0370. The molecule has 1 aromatic heterocycles. The molecule has 2 nitrogen and oxygen atoms in total. The lowest BCUT2D eigenvalue weighted by Gasteiger charge is -2.29. The Labute approximate surface area is 325 Å². The normalized spacial score (nSPS) is 11.8. The van der Waals surface area contributed by atoms with Crippen LogP contribution in [0.3, 0.4) is 0 Å². The van der Waals surface area contributed by atoms with E-state index in [2.05, 4.69) is 195 Å². The summed E-state index contributed by atoms with van der Waals surface area (Å²) in [5.41, 5.74) is 12.6. The first kappa shape index (κ1) is 32.3. The zero-order valence-corrected chi connectivity index (χ0v) is 31.3. The van der Waals surface area contributed by atoms with Gasteiger partial charge in [-0.25, -0.2) is 0 Å². The number of hydrogen-bond acceptors (Lipinski definition) is 2. The van der Waals surface area contributed by atoms with Crippen molar-refractivity contribution in [2.45, 2.75) is 13.8 Å². The molecule has 11 aromatic rings. The quantitative estimate of drug-likeness (QED) is 0.165. The maximum absolute atomic E-state index is 6.38. The first-order chi connectivity index (χ1) is 27.6. The Morgan fingerprint density at radius 3 is 1.27 bits per heavy atom. The van der Waals surface area contributed by atoms with Crippen LogP contribution < -0.4 is 4.90 Å². The lowest BCUT2D eigenvalue weighted by Crippen LogP contribution is -2.11. The third-order valence-electron chi connectivity index (χ3n) is 11.7. The Hall–Kier alpha value is -7.16. The first-order valence-electron chi connectivity index (χ1n) is 19.3. The summed E-state index contributed by atoms with van der Waals surface area (Å²) in [6, 6.07) is 68.5. The molecular formula is C54H37NO. The molecule has 0 saturated heterocycles. The highest BCUT2D eigenvalue weighted by atomic mass is 16.3. The van der Waals surface area contributed by atoms with Crippen molar-refractivity contribution in [3.05, 3.63) is 199 Å². The maximum Gasteiger partial charge on any atom is 0.136 e. The molecule has 0 radical (unpaired) electrons. The van der Waals surface area contributed by atoms with Crippen molar-refractivity contribution in [2.75, 3.05) is 4.90 Å². The van der Waals surface area contributed by atoms with Gasteiger partial charge in [-0.1, -0.05) is 146 Å². The predicted octanol–water partition coefficient (Wildman–Crippen LogP) is 15.6. The number of hydrogen-bond donors (Lipinski definition) is 0. The average Bonchev–Trinajstić information content (AvgIpc) is 3.63. The van der Waals surface area contributed by atoms with Gasteiger partial charge in [-0.3, -0.25) is 0 Å². The largest absolute Gasteiger partial charge is 0.456 e. The molecule has 56 heavy (non-hydrogen) atoms. The van der Waals surface area contributed by atoms with Gasteiger partial charge in [0.1, 0.15) is 11.2 Å². The maximum atomic E-state index is 6.38. The number of para-hydroxylation sites is 1. The zero-order chi connectivity index (χ0) is 37.3. The van der Waals surface area contributed by atoms with Crippen LogP contribution in [0.2, 0.25) is 0 Å². The molecule has 0 aliphatic carbocycles. The van der Waals surface area contributed by atoms with Gasteiger partial charge in [-0.15, -0.1) is 0 Å². The van der Waals surface area contributed by atoms with Crippen LogP contribution in [0.4, 0.5) is 17.1 Å². The molecule has 10 aromatic carbocycles. The van der Waals surface area contributed by atoms with Crippen molar-refractivity contribution < 1.29 is 4.42 Å². The van der Waals surface area contributed by atoms with Crippen molar-refractivity contribution in [1.82, 2.24) is 0 Å². The van der Waals surface area contributed by atoms with E-state index < -0.39 is 0 Å². The molecule has 0 atom stereocenters. The highest BCUT2D eigenvalue weighted by Gasteiger charge is 2.21. The van der Waals surface area contributed by atoms with Crippen molar-refractivity contribution >= 4 is 82.1 Å². The standard InChI is InChI=1S/C54H37NO/c1-34-23-31-49(41-15-5-3-13-39(34)41)55(50-32-24-35(2)40-14-4-6-16-42(40)50)38-28-25-36(26-29-38)53-45-18-7-9-20-47(45)54(48-21-10-8-19-46(48)53)37-27-30-44-43-17-11-12-22-51(43)56-52(44)33-37/h3-33H,1-2H3. The first-order valence-corrected chi connectivity index (χ1v) is 19.3. The molecule has 0 spiro atoms. The highest BCUT2D eigenvalue weighted by Crippen LogP contribution is 2.47. The minimum absolute atomic E-state index is 0.906. The lowest BCUT2D eigenvalue weighted by molar-refractivity contribution is 0.669. The molecule has 0 amide bonds. The van der Waals surface area contributed by atoms with Crippen LogP contribution >= 0.6 is 0 Å². The second-order valence-corrected chi connectivity index (χ2v) is 14.9. The molecule has 0 bridgehead atoms. The van der Waals surface area contributed by atoms with Gasteiger partial charge in [0.15, 0.2) is 0 Å². The molecule has 264 valence electrons. The second-order valence-electron chi connectivity index (χ2n) is 14.9. The van der Waals surface area contributed by atoms with E-state index in [0.29, 0.717) is 0 Å². The Morgan fingerprint density at radius 1 is 0.321 bits per heavy atom. The van der Waals surface area contributed by atoms with Crippen molar-refractivity contribution in [3.8, 4) is 22.3 Å². The van der Waals surface area contributed by atoms with E-state index in [0.717, 1.165) is 44.6 Å². The monoisotopic (exact) mass is 715 g/mol. The predicted molar refractivity (Wildman–Crippen MR) is 239 cm³/mol. The molecule has 11 rings (SSSR count). The molecule has 0 saturated carbocycles. The molecule has 2 heteroatoms. The van der Waals surface area contributed by atoms with Crippen LogP contribution in [0.15, 0.2) is 192 Å². The van der Waals surface area contributed by atoms with Gasteiger partial charge in [0, 0.05) is 27.2 Å². The summed E-state index contributed by atoms with van der Waals surface area (Å²) in [5.74, 6) is 0. The van der Waals surface area contributed by atoms with Gasteiger partial charge in [0.05, 0.1) is 11.4 Å². The van der Waals surface area contributed by atoms with Gasteiger partial charge in [-0.2, -0.15) is 0 Å². The molecule has 0 aliphatic heterocycles. The van der Waals surface area contributed by atoms with Crippen LogP contribution in [0.1, 0.15) is 11.1 Å². The van der Waals surface area contributed by atoms with Gasteiger partial charge >= 0.3 is 0 Å².